The molecule has 0 amide bonds. The lowest BCUT2D eigenvalue weighted by atomic mass is 9.99. The minimum absolute atomic E-state index is 0.473. The largest absolute Gasteiger partial charge is 0.373 e. The van der Waals surface area contributed by atoms with Crippen molar-refractivity contribution in [1.82, 2.24) is 9.97 Å². The molecule has 0 atom stereocenters. The molecular formula is C12H21N3. The fraction of sp³-hybridized carbons (Fsp3) is 0.667. The summed E-state index contributed by atoms with van der Waals surface area (Å²) in [5, 5.41) is 3.14. The van der Waals surface area contributed by atoms with E-state index in [4.69, 9.17) is 0 Å². The zero-order chi connectivity index (χ0) is 11.3. The highest BCUT2D eigenvalue weighted by molar-refractivity contribution is 5.47. The Morgan fingerprint density at radius 2 is 2.07 bits per heavy atom. The van der Waals surface area contributed by atoms with Crippen molar-refractivity contribution in [2.75, 3.05) is 12.4 Å². The molecular weight excluding hydrogens is 186 g/mol. The molecule has 3 nitrogen and oxygen atoms in total. The lowest BCUT2D eigenvalue weighted by Gasteiger charge is -2.15. The molecule has 0 saturated heterocycles. The summed E-state index contributed by atoms with van der Waals surface area (Å²) in [5.74, 6) is 1.45. The van der Waals surface area contributed by atoms with Crippen molar-refractivity contribution in [3.05, 3.63) is 17.6 Å². The standard InChI is InChI=1S/C12H21N3/c1-5-6-7-10-11(9(2)3)12(13-4)15-8-14-10/h8-9H,5-7H2,1-4H3,(H,13,14,15). The van der Waals surface area contributed by atoms with Gasteiger partial charge in [-0.05, 0) is 18.8 Å². The third-order valence-electron chi connectivity index (χ3n) is 2.55. The quantitative estimate of drug-likeness (QED) is 0.806. The van der Waals surface area contributed by atoms with Gasteiger partial charge in [0.05, 0.1) is 0 Å². The zero-order valence-electron chi connectivity index (χ0n) is 10.2. The Morgan fingerprint density at radius 3 is 2.60 bits per heavy atom. The molecule has 1 aromatic rings. The molecule has 1 heterocycles. The molecule has 0 saturated carbocycles. The molecule has 1 N–H and O–H groups in total. The van der Waals surface area contributed by atoms with Gasteiger partial charge >= 0.3 is 0 Å². The first kappa shape index (κ1) is 12.0. The predicted molar refractivity (Wildman–Crippen MR) is 64.3 cm³/mol. The minimum Gasteiger partial charge on any atom is -0.373 e. The summed E-state index contributed by atoms with van der Waals surface area (Å²) in [6, 6.07) is 0. The van der Waals surface area contributed by atoms with Crippen molar-refractivity contribution in [3.63, 3.8) is 0 Å². The Kier molecular flexibility index (Phi) is 4.53. The van der Waals surface area contributed by atoms with Crippen LogP contribution in [-0.4, -0.2) is 17.0 Å². The molecule has 0 fully saturated rings. The molecule has 0 spiro atoms. The monoisotopic (exact) mass is 207 g/mol. The fourth-order valence-corrected chi connectivity index (χ4v) is 1.78. The lowest BCUT2D eigenvalue weighted by Crippen LogP contribution is -2.07. The first-order valence-corrected chi connectivity index (χ1v) is 5.72. The van der Waals surface area contributed by atoms with E-state index < -0.39 is 0 Å². The molecule has 0 radical (unpaired) electrons. The normalized spacial score (nSPS) is 10.7. The third kappa shape index (κ3) is 2.91. The number of unbranched alkanes of at least 4 members (excludes halogenated alkanes) is 1. The van der Waals surface area contributed by atoms with Crippen molar-refractivity contribution in [2.45, 2.75) is 46.0 Å². The first-order chi connectivity index (χ1) is 7.20. The summed E-state index contributed by atoms with van der Waals surface area (Å²) in [4.78, 5) is 8.66. The van der Waals surface area contributed by atoms with Crippen LogP contribution in [0.15, 0.2) is 6.33 Å². The molecule has 15 heavy (non-hydrogen) atoms. The number of aromatic nitrogens is 2. The zero-order valence-corrected chi connectivity index (χ0v) is 10.2. The highest BCUT2D eigenvalue weighted by Gasteiger charge is 2.13. The van der Waals surface area contributed by atoms with Gasteiger partial charge in [-0.15, -0.1) is 0 Å². The van der Waals surface area contributed by atoms with Crippen LogP contribution in [0.3, 0.4) is 0 Å². The molecule has 0 aromatic carbocycles. The number of nitrogens with one attached hydrogen (secondary N) is 1. The molecule has 0 aliphatic carbocycles. The smallest absolute Gasteiger partial charge is 0.132 e. The SMILES string of the molecule is CCCCc1ncnc(NC)c1C(C)C. The molecule has 0 bridgehead atoms. The molecule has 3 heteroatoms. The predicted octanol–water partition coefficient (Wildman–Crippen LogP) is 2.98. The average molecular weight is 207 g/mol. The molecule has 0 aliphatic rings. The van der Waals surface area contributed by atoms with Gasteiger partial charge in [-0.1, -0.05) is 27.2 Å². The number of anilines is 1. The number of hydrogen-bond donors (Lipinski definition) is 1. The summed E-state index contributed by atoms with van der Waals surface area (Å²) in [6.45, 7) is 6.58. The van der Waals surface area contributed by atoms with Crippen molar-refractivity contribution in [1.29, 1.82) is 0 Å². The Bertz CT molecular complexity index is 308. The van der Waals surface area contributed by atoms with Gasteiger partial charge in [-0.2, -0.15) is 0 Å². The number of aryl methyl sites for hydroxylation is 1. The molecule has 0 aliphatic heterocycles. The van der Waals surface area contributed by atoms with Gasteiger partial charge in [0, 0.05) is 18.3 Å². The Balaban J connectivity index is 3.02. The van der Waals surface area contributed by atoms with Crippen molar-refractivity contribution in [3.8, 4) is 0 Å². The van der Waals surface area contributed by atoms with Crippen LogP contribution >= 0.6 is 0 Å². The van der Waals surface area contributed by atoms with E-state index in [1.54, 1.807) is 6.33 Å². The van der Waals surface area contributed by atoms with Gasteiger partial charge in [-0.3, -0.25) is 0 Å². The summed E-state index contributed by atoms with van der Waals surface area (Å²) in [6.07, 6.45) is 5.11. The number of hydrogen-bond acceptors (Lipinski definition) is 3. The highest BCUT2D eigenvalue weighted by Crippen LogP contribution is 2.25. The Labute approximate surface area is 92.3 Å². The maximum Gasteiger partial charge on any atom is 0.132 e. The van der Waals surface area contributed by atoms with Gasteiger partial charge in [0.2, 0.25) is 0 Å². The van der Waals surface area contributed by atoms with Crippen LogP contribution in [0.2, 0.25) is 0 Å². The second kappa shape index (κ2) is 5.69. The van der Waals surface area contributed by atoms with E-state index in [0.717, 1.165) is 12.2 Å². The van der Waals surface area contributed by atoms with E-state index in [-0.39, 0.29) is 0 Å². The Hall–Kier alpha value is -1.12. The summed E-state index contributed by atoms with van der Waals surface area (Å²) < 4.78 is 0. The third-order valence-corrected chi connectivity index (χ3v) is 2.55. The van der Waals surface area contributed by atoms with Crippen LogP contribution in [0.5, 0.6) is 0 Å². The van der Waals surface area contributed by atoms with E-state index in [1.165, 1.54) is 24.1 Å². The maximum absolute atomic E-state index is 4.39. The van der Waals surface area contributed by atoms with Crippen LogP contribution in [0, 0.1) is 0 Å². The van der Waals surface area contributed by atoms with Gasteiger partial charge in [0.15, 0.2) is 0 Å². The summed E-state index contributed by atoms with van der Waals surface area (Å²) >= 11 is 0. The van der Waals surface area contributed by atoms with E-state index >= 15 is 0 Å². The van der Waals surface area contributed by atoms with Gasteiger partial charge in [0.25, 0.3) is 0 Å². The second-order valence-electron chi connectivity index (χ2n) is 4.09. The van der Waals surface area contributed by atoms with E-state index in [0.29, 0.717) is 5.92 Å². The van der Waals surface area contributed by atoms with Gasteiger partial charge in [-0.25, -0.2) is 9.97 Å². The summed E-state index contributed by atoms with van der Waals surface area (Å²) in [7, 11) is 1.91. The molecule has 0 unspecified atom stereocenters. The maximum atomic E-state index is 4.39. The van der Waals surface area contributed by atoms with Crippen molar-refractivity contribution >= 4 is 5.82 Å². The highest BCUT2D eigenvalue weighted by atomic mass is 15.0. The molecule has 1 aromatic heterocycles. The van der Waals surface area contributed by atoms with Crippen molar-refractivity contribution in [2.24, 2.45) is 0 Å². The van der Waals surface area contributed by atoms with E-state index in [2.05, 4.69) is 36.1 Å². The van der Waals surface area contributed by atoms with Gasteiger partial charge in [0.1, 0.15) is 12.1 Å². The second-order valence-corrected chi connectivity index (χ2v) is 4.09. The van der Waals surface area contributed by atoms with E-state index in [1.807, 2.05) is 7.05 Å². The van der Waals surface area contributed by atoms with Crippen LogP contribution < -0.4 is 5.32 Å². The minimum atomic E-state index is 0.473. The fourth-order valence-electron chi connectivity index (χ4n) is 1.78. The molecule has 1 rings (SSSR count). The average Bonchev–Trinajstić information content (AvgIpc) is 2.25. The van der Waals surface area contributed by atoms with Crippen LogP contribution in [0.25, 0.3) is 0 Å². The summed E-state index contributed by atoms with van der Waals surface area (Å²) in [5.41, 5.74) is 2.47. The van der Waals surface area contributed by atoms with Crippen LogP contribution in [0.1, 0.15) is 50.8 Å². The van der Waals surface area contributed by atoms with E-state index in [9.17, 15) is 0 Å². The van der Waals surface area contributed by atoms with Crippen molar-refractivity contribution < 1.29 is 0 Å². The Morgan fingerprint density at radius 1 is 1.33 bits per heavy atom. The first-order valence-electron chi connectivity index (χ1n) is 5.72. The molecule has 84 valence electrons. The van der Waals surface area contributed by atoms with Crippen LogP contribution in [0.4, 0.5) is 5.82 Å². The van der Waals surface area contributed by atoms with Crippen LogP contribution in [-0.2, 0) is 6.42 Å². The number of nitrogens with zero attached hydrogens (tertiary/aromatic N) is 2. The topological polar surface area (TPSA) is 37.8 Å². The van der Waals surface area contributed by atoms with Gasteiger partial charge < -0.3 is 5.32 Å². The number of rotatable bonds is 5. The lowest BCUT2D eigenvalue weighted by molar-refractivity contribution is 0.739.